The number of H-pyrrole nitrogens is 1. The fourth-order valence-corrected chi connectivity index (χ4v) is 4.65. The molecule has 3 aromatic carbocycles. The minimum absolute atomic E-state index is 0.00224. The van der Waals surface area contributed by atoms with Crippen LogP contribution < -0.4 is 10.6 Å². The number of benzene rings is 3. The highest BCUT2D eigenvalue weighted by molar-refractivity contribution is 6.21. The summed E-state index contributed by atoms with van der Waals surface area (Å²) in [7, 11) is 0. The molecule has 0 aliphatic heterocycles. The van der Waals surface area contributed by atoms with E-state index in [-0.39, 0.29) is 29.1 Å². The number of halogens is 2. The lowest BCUT2D eigenvalue weighted by Gasteiger charge is -2.27. The highest BCUT2D eigenvalue weighted by Crippen LogP contribution is 2.25. The summed E-state index contributed by atoms with van der Waals surface area (Å²) in [4.78, 5) is 33.1. The summed E-state index contributed by atoms with van der Waals surface area (Å²) in [5, 5.41) is 5.78. The molecule has 1 aliphatic rings. The van der Waals surface area contributed by atoms with Crippen molar-refractivity contribution in [2.75, 3.05) is 5.32 Å². The van der Waals surface area contributed by atoms with E-state index in [0.29, 0.717) is 33.7 Å². The van der Waals surface area contributed by atoms with Gasteiger partial charge in [0.05, 0.1) is 16.4 Å². The number of fused-ring (bicyclic) bond motifs is 1. The number of hydrogen-bond acceptors (Lipinski definition) is 3. The number of anilines is 1. The zero-order chi connectivity index (χ0) is 24.4. The number of alkyl halides is 1. The first-order valence-corrected chi connectivity index (χ1v) is 12.0. The molecule has 4 aromatic rings. The van der Waals surface area contributed by atoms with E-state index in [9.17, 15) is 14.0 Å². The monoisotopic (exact) mass is 490 g/mol. The second kappa shape index (κ2) is 9.88. The predicted octanol–water partition coefficient (Wildman–Crippen LogP) is 5.90. The van der Waals surface area contributed by atoms with E-state index >= 15 is 0 Å². The van der Waals surface area contributed by atoms with Gasteiger partial charge in [0, 0.05) is 28.4 Å². The Bertz CT molecular complexity index is 1370. The molecular formula is C27H24ClFN4O2. The van der Waals surface area contributed by atoms with Gasteiger partial charge in [-0.25, -0.2) is 9.37 Å². The van der Waals surface area contributed by atoms with Crippen molar-refractivity contribution in [2.45, 2.75) is 37.1 Å². The maximum Gasteiger partial charge on any atom is 0.255 e. The zero-order valence-electron chi connectivity index (χ0n) is 18.9. The average Bonchev–Trinajstić information content (AvgIpc) is 3.30. The molecule has 0 radical (unpaired) electrons. The molecule has 6 nitrogen and oxygen atoms in total. The number of nitrogens with one attached hydrogen (secondary N) is 3. The van der Waals surface area contributed by atoms with Gasteiger partial charge in [-0.3, -0.25) is 9.59 Å². The Kier molecular flexibility index (Phi) is 6.51. The van der Waals surface area contributed by atoms with Gasteiger partial charge >= 0.3 is 0 Å². The van der Waals surface area contributed by atoms with Crippen molar-refractivity contribution in [1.82, 2.24) is 15.3 Å². The van der Waals surface area contributed by atoms with Gasteiger partial charge in [0.2, 0.25) is 0 Å². The summed E-state index contributed by atoms with van der Waals surface area (Å²) < 4.78 is 13.1. The molecule has 1 aliphatic carbocycles. The van der Waals surface area contributed by atoms with Gasteiger partial charge in [0.25, 0.3) is 11.8 Å². The minimum Gasteiger partial charge on any atom is -0.348 e. The summed E-state index contributed by atoms with van der Waals surface area (Å²) in [6, 6.07) is 18.0. The summed E-state index contributed by atoms with van der Waals surface area (Å²) in [5.74, 6) is -0.162. The Labute approximate surface area is 206 Å². The third kappa shape index (κ3) is 5.20. The van der Waals surface area contributed by atoms with E-state index in [1.807, 2.05) is 12.1 Å². The maximum absolute atomic E-state index is 13.1. The van der Waals surface area contributed by atoms with Crippen LogP contribution >= 0.6 is 11.6 Å². The Morgan fingerprint density at radius 2 is 1.63 bits per heavy atom. The molecule has 0 saturated heterocycles. The van der Waals surface area contributed by atoms with Crippen LogP contribution in [0.4, 0.5) is 10.1 Å². The van der Waals surface area contributed by atoms with Crippen LogP contribution in [-0.2, 0) is 0 Å². The van der Waals surface area contributed by atoms with Crippen molar-refractivity contribution in [1.29, 1.82) is 0 Å². The quantitative estimate of drug-likeness (QED) is 0.304. The van der Waals surface area contributed by atoms with Gasteiger partial charge in [-0.1, -0.05) is 25.0 Å². The van der Waals surface area contributed by atoms with E-state index in [1.165, 1.54) is 24.3 Å². The van der Waals surface area contributed by atoms with Crippen LogP contribution in [0.1, 0.15) is 46.4 Å². The molecule has 0 spiro atoms. The van der Waals surface area contributed by atoms with Crippen molar-refractivity contribution in [3.8, 4) is 11.4 Å². The van der Waals surface area contributed by atoms with Crippen LogP contribution in [0.2, 0.25) is 0 Å². The number of aromatic nitrogens is 2. The molecule has 2 amide bonds. The molecule has 2 atom stereocenters. The molecule has 1 saturated carbocycles. The largest absolute Gasteiger partial charge is 0.348 e. The molecule has 35 heavy (non-hydrogen) atoms. The van der Waals surface area contributed by atoms with E-state index in [2.05, 4.69) is 20.6 Å². The van der Waals surface area contributed by atoms with Crippen LogP contribution in [0.25, 0.3) is 22.4 Å². The summed E-state index contributed by atoms with van der Waals surface area (Å²) >= 11 is 6.37. The number of rotatable bonds is 5. The molecule has 8 heteroatoms. The standard InChI is InChI=1S/C27H24ClFN4O2/c28-21-3-1-2-4-22(21)33-26(34)17-7-5-16(6-8-17)25-31-23-14-9-18(15-24(23)32-25)27(35)30-20-12-10-19(29)11-13-20/h5-15,21-22H,1-4H2,(H,30,35)(H,31,32)(H,33,34). The zero-order valence-corrected chi connectivity index (χ0v) is 19.6. The number of carbonyl (C=O) groups excluding carboxylic acids is 2. The topological polar surface area (TPSA) is 86.9 Å². The molecular weight excluding hydrogens is 467 g/mol. The second-order valence-corrected chi connectivity index (χ2v) is 9.30. The first kappa shape index (κ1) is 23.1. The van der Waals surface area contributed by atoms with Crippen molar-refractivity contribution < 1.29 is 14.0 Å². The van der Waals surface area contributed by atoms with Crippen molar-refractivity contribution in [3.05, 3.63) is 83.7 Å². The van der Waals surface area contributed by atoms with E-state index < -0.39 is 0 Å². The maximum atomic E-state index is 13.1. The number of amides is 2. The van der Waals surface area contributed by atoms with Crippen molar-refractivity contribution >= 4 is 40.1 Å². The molecule has 5 rings (SSSR count). The highest BCUT2D eigenvalue weighted by Gasteiger charge is 2.25. The van der Waals surface area contributed by atoms with Crippen LogP contribution in [0.5, 0.6) is 0 Å². The minimum atomic E-state index is -0.365. The SMILES string of the molecule is O=C(Nc1ccc(F)cc1)c1ccc2nc(-c3ccc(C(=O)NC4CCCCC4Cl)cc3)[nH]c2c1. The third-order valence-corrected chi connectivity index (χ3v) is 6.79. The Balaban J connectivity index is 1.29. The third-order valence-electron chi connectivity index (χ3n) is 6.26. The Morgan fingerprint density at radius 3 is 2.37 bits per heavy atom. The first-order chi connectivity index (χ1) is 17.0. The van der Waals surface area contributed by atoms with Gasteiger partial charge in [-0.15, -0.1) is 11.6 Å². The highest BCUT2D eigenvalue weighted by atomic mass is 35.5. The number of nitrogens with zero attached hydrogens (tertiary/aromatic N) is 1. The summed E-state index contributed by atoms with van der Waals surface area (Å²) in [5.41, 5.74) is 3.77. The van der Waals surface area contributed by atoms with Crippen molar-refractivity contribution in [3.63, 3.8) is 0 Å². The fraction of sp³-hybridized carbons (Fsp3) is 0.222. The predicted molar refractivity (Wildman–Crippen MR) is 135 cm³/mol. The summed E-state index contributed by atoms with van der Waals surface area (Å²) in [6.07, 6.45) is 4.01. The Morgan fingerprint density at radius 1 is 0.914 bits per heavy atom. The van der Waals surface area contributed by atoms with Gasteiger partial charge in [0.1, 0.15) is 11.6 Å². The smallest absolute Gasteiger partial charge is 0.255 e. The van der Waals surface area contributed by atoms with Crippen LogP contribution in [0, 0.1) is 5.82 Å². The van der Waals surface area contributed by atoms with E-state index in [4.69, 9.17) is 11.6 Å². The van der Waals surface area contributed by atoms with Crippen molar-refractivity contribution in [2.24, 2.45) is 0 Å². The normalized spacial score (nSPS) is 17.8. The Hall–Kier alpha value is -3.71. The number of carbonyl (C=O) groups is 2. The van der Waals surface area contributed by atoms with Gasteiger partial charge < -0.3 is 15.6 Å². The van der Waals surface area contributed by atoms with E-state index in [0.717, 1.165) is 31.2 Å². The molecule has 1 fully saturated rings. The summed E-state index contributed by atoms with van der Waals surface area (Å²) in [6.45, 7) is 0. The van der Waals surface area contributed by atoms with Crippen LogP contribution in [0.15, 0.2) is 66.7 Å². The van der Waals surface area contributed by atoms with Gasteiger partial charge in [-0.2, -0.15) is 0 Å². The number of hydrogen-bond donors (Lipinski definition) is 3. The van der Waals surface area contributed by atoms with Crippen LogP contribution in [-0.4, -0.2) is 33.2 Å². The number of imidazole rings is 1. The van der Waals surface area contributed by atoms with Gasteiger partial charge in [-0.05, 0) is 67.4 Å². The molecule has 0 bridgehead atoms. The lowest BCUT2D eigenvalue weighted by atomic mass is 9.94. The number of aromatic amines is 1. The van der Waals surface area contributed by atoms with E-state index in [1.54, 1.807) is 30.3 Å². The first-order valence-electron chi connectivity index (χ1n) is 11.6. The molecule has 1 aromatic heterocycles. The fourth-order valence-electron chi connectivity index (χ4n) is 4.30. The molecule has 2 unspecified atom stereocenters. The lowest BCUT2D eigenvalue weighted by molar-refractivity contribution is 0.0928. The second-order valence-electron chi connectivity index (χ2n) is 8.74. The lowest BCUT2D eigenvalue weighted by Crippen LogP contribution is -2.42. The average molecular weight is 491 g/mol. The van der Waals surface area contributed by atoms with Gasteiger partial charge in [0.15, 0.2) is 0 Å². The molecule has 3 N–H and O–H groups in total. The van der Waals surface area contributed by atoms with Crippen LogP contribution in [0.3, 0.4) is 0 Å². The molecule has 1 heterocycles. The molecule has 178 valence electrons.